The normalized spacial score (nSPS) is 11.7. The first-order valence-electron chi connectivity index (χ1n) is 12.6. The zero-order valence-corrected chi connectivity index (χ0v) is 22.6. The Kier molecular flexibility index (Phi) is 6.42. The monoisotopic (exact) mass is 530 g/mol. The van der Waals surface area contributed by atoms with E-state index in [1.807, 2.05) is 85.8 Å². The summed E-state index contributed by atoms with van der Waals surface area (Å²) >= 11 is 1.68. The van der Waals surface area contributed by atoms with Crippen LogP contribution in [-0.4, -0.2) is 27.6 Å². The zero-order chi connectivity index (χ0) is 26.9. The highest BCUT2D eigenvalue weighted by Gasteiger charge is 2.19. The molecule has 192 valence electrons. The number of rotatable bonds is 6. The lowest BCUT2D eigenvalue weighted by Crippen LogP contribution is -2.19. The number of aryl methyl sites for hydroxylation is 1. The molecule has 0 bridgehead atoms. The second kappa shape index (κ2) is 10.2. The van der Waals surface area contributed by atoms with Gasteiger partial charge in [0.2, 0.25) is 0 Å². The third-order valence-corrected chi connectivity index (χ3v) is 7.67. The summed E-state index contributed by atoms with van der Waals surface area (Å²) in [5.41, 5.74) is 7.38. The van der Waals surface area contributed by atoms with E-state index in [1.54, 1.807) is 23.1 Å². The second-order valence-corrected chi connectivity index (χ2v) is 10.3. The summed E-state index contributed by atoms with van der Waals surface area (Å²) in [4.78, 5) is 23.3. The fourth-order valence-electron chi connectivity index (χ4n) is 4.58. The highest BCUT2D eigenvalue weighted by atomic mass is 32.1. The lowest BCUT2D eigenvalue weighted by atomic mass is 10.1. The van der Waals surface area contributed by atoms with Gasteiger partial charge in [0, 0.05) is 11.1 Å². The summed E-state index contributed by atoms with van der Waals surface area (Å²) in [5.74, 6) is 0.726. The molecule has 0 aliphatic heterocycles. The minimum absolute atomic E-state index is 0.165. The molecule has 7 heteroatoms. The van der Waals surface area contributed by atoms with Gasteiger partial charge in [-0.15, -0.1) is 11.3 Å². The number of aliphatic imine (C=N–C) groups is 1. The van der Waals surface area contributed by atoms with Crippen LogP contribution in [0.3, 0.4) is 0 Å². The number of ether oxygens (including phenoxy) is 1. The quantitative estimate of drug-likeness (QED) is 0.226. The number of nitrogens with one attached hydrogen (secondary N) is 1. The molecule has 0 saturated heterocycles. The van der Waals surface area contributed by atoms with E-state index < -0.39 is 0 Å². The topological polar surface area (TPSA) is 72.3 Å². The molecular formula is C32H26N4O2S. The van der Waals surface area contributed by atoms with E-state index in [4.69, 9.17) is 14.7 Å². The second-order valence-electron chi connectivity index (χ2n) is 9.30. The summed E-state index contributed by atoms with van der Waals surface area (Å²) in [6.07, 6.45) is 0. The maximum atomic E-state index is 13.7. The van der Waals surface area contributed by atoms with Crippen LogP contribution in [0.4, 0.5) is 5.69 Å². The number of hydrogen-bond acceptors (Lipinski definition) is 5. The molecule has 0 aliphatic carbocycles. The standard InChI is InChI=1S/C32H26N4O2S/c1-20-9-18-27-28(19-20)39-31(34-27)23-10-12-24(13-11-23)33-21(2)29-30(22-7-5-4-6-8-22)35-36(32(29)37)25-14-16-26(38-3)17-15-25/h4-19,35H,1-3H3. The molecular weight excluding hydrogens is 504 g/mol. The molecule has 6 aromatic rings. The smallest absolute Gasteiger partial charge is 0.280 e. The van der Waals surface area contributed by atoms with Gasteiger partial charge >= 0.3 is 0 Å². The molecule has 39 heavy (non-hydrogen) atoms. The Balaban J connectivity index is 1.38. The molecule has 2 aromatic heterocycles. The number of fused-ring (bicyclic) bond motifs is 1. The molecule has 2 heterocycles. The van der Waals surface area contributed by atoms with Crippen molar-refractivity contribution in [1.82, 2.24) is 14.8 Å². The maximum Gasteiger partial charge on any atom is 0.280 e. The van der Waals surface area contributed by atoms with Crippen LogP contribution in [0.1, 0.15) is 18.1 Å². The summed E-state index contributed by atoms with van der Waals surface area (Å²) in [7, 11) is 1.62. The first-order chi connectivity index (χ1) is 19.0. The molecule has 0 radical (unpaired) electrons. The molecule has 4 aromatic carbocycles. The third-order valence-electron chi connectivity index (χ3n) is 6.60. The van der Waals surface area contributed by atoms with Crippen molar-refractivity contribution in [3.8, 4) is 33.3 Å². The van der Waals surface area contributed by atoms with Gasteiger partial charge in [0.05, 0.1) is 45.7 Å². The van der Waals surface area contributed by atoms with Crippen molar-refractivity contribution in [3.63, 3.8) is 0 Å². The van der Waals surface area contributed by atoms with E-state index in [0.29, 0.717) is 17.0 Å². The van der Waals surface area contributed by atoms with Crippen molar-refractivity contribution < 1.29 is 4.74 Å². The number of H-pyrrole nitrogens is 1. The van der Waals surface area contributed by atoms with Crippen molar-refractivity contribution in [3.05, 3.63) is 119 Å². The number of aromatic amines is 1. The highest BCUT2D eigenvalue weighted by molar-refractivity contribution is 7.21. The Hall–Kier alpha value is -4.75. The lowest BCUT2D eigenvalue weighted by molar-refractivity contribution is 0.414. The van der Waals surface area contributed by atoms with E-state index in [1.165, 1.54) is 10.3 Å². The van der Waals surface area contributed by atoms with Crippen LogP contribution in [0.2, 0.25) is 0 Å². The van der Waals surface area contributed by atoms with Crippen LogP contribution in [0.25, 0.3) is 37.7 Å². The van der Waals surface area contributed by atoms with Crippen molar-refractivity contribution in [2.75, 3.05) is 7.11 Å². The SMILES string of the molecule is COc1ccc(-n2[nH]c(-c3ccccc3)c(C(C)=Nc3ccc(-c4nc5ccc(C)cc5s4)cc3)c2=O)cc1. The van der Waals surface area contributed by atoms with Gasteiger partial charge in [0.1, 0.15) is 10.8 Å². The predicted molar refractivity (Wildman–Crippen MR) is 160 cm³/mol. The van der Waals surface area contributed by atoms with E-state index in [-0.39, 0.29) is 5.56 Å². The largest absolute Gasteiger partial charge is 0.497 e. The molecule has 0 spiro atoms. The van der Waals surface area contributed by atoms with Gasteiger partial charge in [0.15, 0.2) is 0 Å². The van der Waals surface area contributed by atoms with E-state index >= 15 is 0 Å². The number of thiazole rings is 1. The Bertz CT molecular complexity index is 1860. The summed E-state index contributed by atoms with van der Waals surface area (Å²) in [6.45, 7) is 3.96. The van der Waals surface area contributed by atoms with Crippen molar-refractivity contribution in [2.45, 2.75) is 13.8 Å². The number of nitrogens with zero attached hydrogens (tertiary/aromatic N) is 3. The highest BCUT2D eigenvalue weighted by Crippen LogP contribution is 2.32. The van der Waals surface area contributed by atoms with Gasteiger partial charge in [-0.3, -0.25) is 14.9 Å². The zero-order valence-electron chi connectivity index (χ0n) is 21.8. The van der Waals surface area contributed by atoms with E-state index in [2.05, 4.69) is 30.2 Å². The van der Waals surface area contributed by atoms with Gasteiger partial charge in [0.25, 0.3) is 5.56 Å². The molecule has 0 unspecified atom stereocenters. The molecule has 0 aliphatic rings. The Morgan fingerprint density at radius 2 is 1.67 bits per heavy atom. The Morgan fingerprint density at radius 1 is 0.923 bits per heavy atom. The van der Waals surface area contributed by atoms with Crippen LogP contribution >= 0.6 is 11.3 Å². The van der Waals surface area contributed by atoms with Crippen molar-refractivity contribution >= 4 is 33.0 Å². The maximum absolute atomic E-state index is 13.7. The van der Waals surface area contributed by atoms with Crippen LogP contribution < -0.4 is 10.3 Å². The first-order valence-corrected chi connectivity index (χ1v) is 13.4. The van der Waals surface area contributed by atoms with Gasteiger partial charge in [-0.25, -0.2) is 9.67 Å². The first kappa shape index (κ1) is 24.6. The minimum atomic E-state index is -0.165. The molecule has 0 atom stereocenters. The fraction of sp³-hybridized carbons (Fsp3) is 0.0938. The number of hydrogen-bond donors (Lipinski definition) is 1. The van der Waals surface area contributed by atoms with Crippen LogP contribution in [0, 0.1) is 6.92 Å². The number of aromatic nitrogens is 3. The predicted octanol–water partition coefficient (Wildman–Crippen LogP) is 7.57. The van der Waals surface area contributed by atoms with Crippen LogP contribution in [-0.2, 0) is 0 Å². The van der Waals surface area contributed by atoms with Gasteiger partial charge in [-0.05, 0) is 80.1 Å². The van der Waals surface area contributed by atoms with Crippen LogP contribution in [0.15, 0.2) is 107 Å². The number of methoxy groups -OCH3 is 1. The van der Waals surface area contributed by atoms with Crippen molar-refractivity contribution in [2.24, 2.45) is 4.99 Å². The van der Waals surface area contributed by atoms with Gasteiger partial charge in [-0.2, -0.15) is 0 Å². The van der Waals surface area contributed by atoms with E-state index in [0.717, 1.165) is 38.8 Å². The van der Waals surface area contributed by atoms with Crippen molar-refractivity contribution in [1.29, 1.82) is 0 Å². The Morgan fingerprint density at radius 3 is 2.38 bits per heavy atom. The fourth-order valence-corrected chi connectivity index (χ4v) is 5.65. The summed E-state index contributed by atoms with van der Waals surface area (Å²) in [5, 5.41) is 4.28. The molecule has 0 saturated carbocycles. The minimum Gasteiger partial charge on any atom is -0.497 e. The third kappa shape index (κ3) is 4.80. The molecule has 6 rings (SSSR count). The molecule has 0 amide bonds. The molecule has 6 nitrogen and oxygen atoms in total. The molecule has 1 N–H and O–H groups in total. The van der Waals surface area contributed by atoms with Gasteiger partial charge in [-0.1, -0.05) is 36.4 Å². The number of benzene rings is 4. The summed E-state index contributed by atoms with van der Waals surface area (Å²) < 4.78 is 8.00. The molecule has 0 fully saturated rings. The average Bonchev–Trinajstić information content (AvgIpc) is 3.54. The Labute approximate surface area is 229 Å². The summed E-state index contributed by atoms with van der Waals surface area (Å²) in [6, 6.07) is 31.5. The van der Waals surface area contributed by atoms with Gasteiger partial charge < -0.3 is 4.74 Å². The average molecular weight is 531 g/mol. The van der Waals surface area contributed by atoms with Crippen LogP contribution in [0.5, 0.6) is 5.75 Å². The van der Waals surface area contributed by atoms with E-state index in [9.17, 15) is 4.79 Å². The lowest BCUT2D eigenvalue weighted by Gasteiger charge is -2.04.